The molecule has 0 unspecified atom stereocenters. The Balaban J connectivity index is 0. The second kappa shape index (κ2) is 7.08. The molecule has 0 amide bonds. The molecule has 92 valence electrons. The van der Waals surface area contributed by atoms with E-state index in [0.29, 0.717) is 0 Å². The van der Waals surface area contributed by atoms with Crippen molar-refractivity contribution in [2.45, 2.75) is 0 Å². The molecule has 7 N–H and O–H groups in total. The van der Waals surface area contributed by atoms with Crippen molar-refractivity contribution in [3.63, 3.8) is 0 Å². The molecule has 0 aliphatic carbocycles. The Morgan fingerprint density at radius 1 is 1.00 bits per heavy atom. The van der Waals surface area contributed by atoms with Crippen LogP contribution in [0.4, 0.5) is 0 Å². The van der Waals surface area contributed by atoms with Crippen LogP contribution in [0.3, 0.4) is 0 Å². The molecule has 9 nitrogen and oxygen atoms in total. The van der Waals surface area contributed by atoms with E-state index in [9.17, 15) is 13.9 Å². The van der Waals surface area contributed by atoms with E-state index in [1.54, 1.807) is 0 Å². The highest BCUT2D eigenvalue weighted by atomic mass is 31.2. The van der Waals surface area contributed by atoms with E-state index in [4.69, 9.17) is 24.7 Å². The Morgan fingerprint density at radius 2 is 1.20 bits per heavy atom. The van der Waals surface area contributed by atoms with Crippen LogP contribution in [0, 0.1) is 0 Å². The van der Waals surface area contributed by atoms with Crippen molar-refractivity contribution >= 4 is 21.2 Å². The lowest BCUT2D eigenvalue weighted by atomic mass is 10.7. The number of carboxylic acid groups (broad SMARTS) is 1. The molecule has 11 heteroatoms. The van der Waals surface area contributed by atoms with E-state index >= 15 is 0 Å². The smallest absolute Gasteiger partial charge is 0.326 e. The molecule has 0 aliphatic rings. The van der Waals surface area contributed by atoms with Crippen molar-refractivity contribution < 1.29 is 38.6 Å². The Morgan fingerprint density at radius 3 is 1.27 bits per heavy atom. The minimum atomic E-state index is -4.25. The predicted molar refractivity (Wildman–Crippen MR) is 50.5 cm³/mol. The molecule has 0 aromatic carbocycles. The fourth-order valence-electron chi connectivity index (χ4n) is 0.261. The molecular formula is C4H13NO8P2. The second-order valence-electron chi connectivity index (χ2n) is 2.37. The summed E-state index contributed by atoms with van der Waals surface area (Å²) in [6.45, 7) is -0.278. The van der Waals surface area contributed by atoms with Gasteiger partial charge >= 0.3 is 21.2 Å². The van der Waals surface area contributed by atoms with E-state index in [1.165, 1.54) is 0 Å². The Kier molecular flexibility index (Phi) is 8.09. The topological polar surface area (TPSA) is 178 Å². The molecule has 0 aliphatic heterocycles. The first-order valence-corrected chi connectivity index (χ1v) is 7.08. The summed E-state index contributed by atoms with van der Waals surface area (Å²) in [4.78, 5) is 41.8. The Bertz CT molecular complexity index is 256. The summed E-state index contributed by atoms with van der Waals surface area (Å²) in [5.74, 6) is -0.968. The molecule has 0 saturated heterocycles. The lowest BCUT2D eigenvalue weighted by Crippen LogP contribution is -2.10. The van der Waals surface area contributed by atoms with E-state index < -0.39 is 33.5 Å². The molecule has 0 aromatic rings. The SMILES string of the molecule is NCC(=O)O.O=P(O)(O)CCP(=O)(O)O. The van der Waals surface area contributed by atoms with Crippen LogP contribution in [0.5, 0.6) is 0 Å². The summed E-state index contributed by atoms with van der Waals surface area (Å²) in [5.41, 5.74) is 4.57. The van der Waals surface area contributed by atoms with Gasteiger partial charge in [-0.25, -0.2) is 0 Å². The van der Waals surface area contributed by atoms with Crippen LogP contribution in [0.2, 0.25) is 0 Å². The highest BCUT2D eigenvalue weighted by molar-refractivity contribution is 7.56. The van der Waals surface area contributed by atoms with E-state index in [1.807, 2.05) is 0 Å². The molecule has 0 rings (SSSR count). The average Bonchev–Trinajstić information content (AvgIpc) is 2.00. The van der Waals surface area contributed by atoms with Crippen LogP contribution in [0.1, 0.15) is 0 Å². The summed E-state index contributed by atoms with van der Waals surface area (Å²) in [6.07, 6.45) is -1.53. The number of carbonyl (C=O) groups is 1. The van der Waals surface area contributed by atoms with Gasteiger partial charge < -0.3 is 30.4 Å². The first-order chi connectivity index (χ1) is 6.48. The second-order valence-corrected chi connectivity index (χ2v) is 5.93. The fourth-order valence-corrected chi connectivity index (χ4v) is 2.34. The zero-order valence-electron chi connectivity index (χ0n) is 7.55. The van der Waals surface area contributed by atoms with Gasteiger partial charge in [0.2, 0.25) is 0 Å². The molecule has 0 fully saturated rings. The number of carboxylic acids is 1. The highest BCUT2D eigenvalue weighted by Gasteiger charge is 2.20. The van der Waals surface area contributed by atoms with Crippen molar-refractivity contribution in [3.8, 4) is 0 Å². The van der Waals surface area contributed by atoms with Gasteiger partial charge in [-0.2, -0.15) is 0 Å². The van der Waals surface area contributed by atoms with Gasteiger partial charge in [0, 0.05) is 0 Å². The van der Waals surface area contributed by atoms with Gasteiger partial charge in [-0.3, -0.25) is 13.9 Å². The monoisotopic (exact) mass is 265 g/mol. The summed E-state index contributed by atoms with van der Waals surface area (Å²) >= 11 is 0. The number of rotatable bonds is 4. The lowest BCUT2D eigenvalue weighted by molar-refractivity contribution is -0.135. The van der Waals surface area contributed by atoms with Gasteiger partial charge in [-0.05, 0) is 0 Å². The van der Waals surface area contributed by atoms with Crippen molar-refractivity contribution in [2.75, 3.05) is 18.9 Å². The number of hydrogen-bond donors (Lipinski definition) is 6. The zero-order chi connectivity index (χ0) is 12.7. The van der Waals surface area contributed by atoms with Gasteiger partial charge in [0.25, 0.3) is 0 Å². The van der Waals surface area contributed by atoms with E-state index in [-0.39, 0.29) is 6.54 Å². The minimum Gasteiger partial charge on any atom is -0.480 e. The summed E-state index contributed by atoms with van der Waals surface area (Å²) in [6, 6.07) is 0. The third-order valence-corrected chi connectivity index (χ3v) is 2.82. The molecule has 0 radical (unpaired) electrons. The number of hydrogen-bond acceptors (Lipinski definition) is 4. The largest absolute Gasteiger partial charge is 0.480 e. The van der Waals surface area contributed by atoms with E-state index in [2.05, 4.69) is 5.73 Å². The zero-order valence-corrected chi connectivity index (χ0v) is 9.34. The molecular weight excluding hydrogens is 252 g/mol. The van der Waals surface area contributed by atoms with Crippen molar-refractivity contribution in [2.24, 2.45) is 5.73 Å². The van der Waals surface area contributed by atoms with Crippen molar-refractivity contribution in [1.29, 1.82) is 0 Å². The molecule has 0 heterocycles. The maximum atomic E-state index is 10.0. The van der Waals surface area contributed by atoms with Gasteiger partial charge in [0.1, 0.15) is 0 Å². The molecule has 15 heavy (non-hydrogen) atoms. The number of aliphatic carboxylic acids is 1. The van der Waals surface area contributed by atoms with Gasteiger partial charge in [-0.1, -0.05) is 0 Å². The van der Waals surface area contributed by atoms with Crippen LogP contribution < -0.4 is 5.73 Å². The first-order valence-electron chi connectivity index (χ1n) is 3.49. The maximum absolute atomic E-state index is 10.0. The van der Waals surface area contributed by atoms with Gasteiger partial charge in [0.15, 0.2) is 0 Å². The third-order valence-electron chi connectivity index (χ3n) is 0.857. The van der Waals surface area contributed by atoms with Crippen molar-refractivity contribution in [3.05, 3.63) is 0 Å². The third kappa shape index (κ3) is 24.8. The minimum absolute atomic E-state index is 0.278. The molecule has 0 saturated carbocycles. The maximum Gasteiger partial charge on any atom is 0.326 e. The summed E-state index contributed by atoms with van der Waals surface area (Å²) in [7, 11) is -8.51. The van der Waals surface area contributed by atoms with Crippen LogP contribution >= 0.6 is 15.2 Å². The van der Waals surface area contributed by atoms with Crippen molar-refractivity contribution in [1.82, 2.24) is 0 Å². The quantitative estimate of drug-likeness (QED) is 0.325. The number of nitrogens with two attached hydrogens (primary N) is 1. The van der Waals surface area contributed by atoms with E-state index in [0.717, 1.165) is 0 Å². The highest BCUT2D eigenvalue weighted by Crippen LogP contribution is 2.42. The average molecular weight is 265 g/mol. The van der Waals surface area contributed by atoms with Crippen LogP contribution in [-0.2, 0) is 13.9 Å². The molecule has 0 atom stereocenters. The predicted octanol–water partition coefficient (Wildman–Crippen LogP) is -1.63. The fraction of sp³-hybridized carbons (Fsp3) is 0.750. The molecule has 0 spiro atoms. The lowest BCUT2D eigenvalue weighted by Gasteiger charge is -2.03. The Labute approximate surface area is 85.2 Å². The summed E-state index contributed by atoms with van der Waals surface area (Å²) in [5, 5.41) is 7.60. The Hall–Kier alpha value is -0.270. The summed E-state index contributed by atoms with van der Waals surface area (Å²) < 4.78 is 20.1. The normalized spacial score (nSPS) is 11.5. The molecule has 0 aromatic heterocycles. The van der Waals surface area contributed by atoms with Gasteiger partial charge in [-0.15, -0.1) is 0 Å². The van der Waals surface area contributed by atoms with Gasteiger partial charge in [0.05, 0.1) is 18.9 Å². The van der Waals surface area contributed by atoms with Crippen LogP contribution in [0.25, 0.3) is 0 Å². The molecule has 0 bridgehead atoms. The standard InChI is InChI=1S/C2H5NO2.C2H8O6P2/c3-1-2(4)5;3-9(4,5)1-2-10(6,7)8/h1,3H2,(H,4,5);1-2H2,(H2,3,4,5)(H2,6,7,8). The first kappa shape index (κ1) is 17.1. The van der Waals surface area contributed by atoms with Crippen LogP contribution in [0.15, 0.2) is 0 Å². The van der Waals surface area contributed by atoms with Crippen LogP contribution in [-0.4, -0.2) is 49.5 Å².